The van der Waals surface area contributed by atoms with Crippen molar-refractivity contribution in [3.8, 4) is 11.5 Å². The quantitative estimate of drug-likeness (QED) is 0.329. The van der Waals surface area contributed by atoms with Crippen LogP contribution in [0.3, 0.4) is 0 Å². The summed E-state index contributed by atoms with van der Waals surface area (Å²) < 4.78 is 6.40. The molecule has 134 valence electrons. The Morgan fingerprint density at radius 2 is 1.65 bits per heavy atom. The minimum absolute atomic E-state index is 0.160. The fraction of sp³-hybridized carbons (Fsp3) is 0.238. The maximum Gasteiger partial charge on any atom is 0.270 e. The molecule has 0 radical (unpaired) electrons. The van der Waals surface area contributed by atoms with E-state index in [2.05, 4.69) is 25.6 Å². The van der Waals surface area contributed by atoms with Gasteiger partial charge in [-0.15, -0.1) is 0 Å². The number of unbranched alkanes of at least 4 members (excludes halogenated alkanes) is 2. The molecule has 0 bridgehead atoms. The SMILES string of the molecule is C=C1SC(=S)N(c2ccc(Oc3ccc(CCCCC)cc3)cc2)C1=O. The summed E-state index contributed by atoms with van der Waals surface area (Å²) >= 11 is 6.47. The van der Waals surface area contributed by atoms with Crippen LogP contribution in [0, 0.1) is 0 Å². The van der Waals surface area contributed by atoms with E-state index in [0.29, 0.717) is 9.23 Å². The van der Waals surface area contributed by atoms with Crippen molar-refractivity contribution in [3.05, 3.63) is 65.6 Å². The third kappa shape index (κ3) is 4.34. The van der Waals surface area contributed by atoms with Crippen LogP contribution in [0.15, 0.2) is 60.0 Å². The summed E-state index contributed by atoms with van der Waals surface area (Å²) in [4.78, 5) is 14.1. The molecule has 0 spiro atoms. The van der Waals surface area contributed by atoms with E-state index in [9.17, 15) is 4.79 Å². The summed E-state index contributed by atoms with van der Waals surface area (Å²) in [6, 6.07) is 15.6. The molecule has 1 heterocycles. The number of carbonyl (C=O) groups is 1. The number of anilines is 1. The maximum atomic E-state index is 12.1. The van der Waals surface area contributed by atoms with Gasteiger partial charge in [-0.05, 0) is 54.8 Å². The van der Waals surface area contributed by atoms with Crippen LogP contribution in [-0.4, -0.2) is 10.2 Å². The van der Waals surface area contributed by atoms with Crippen molar-refractivity contribution in [3.63, 3.8) is 0 Å². The van der Waals surface area contributed by atoms with Gasteiger partial charge in [-0.2, -0.15) is 0 Å². The van der Waals surface area contributed by atoms with Gasteiger partial charge in [0.2, 0.25) is 0 Å². The van der Waals surface area contributed by atoms with Crippen LogP contribution in [0.2, 0.25) is 0 Å². The van der Waals surface area contributed by atoms with Crippen molar-refractivity contribution in [2.75, 3.05) is 4.90 Å². The van der Waals surface area contributed by atoms with E-state index in [1.165, 1.54) is 41.5 Å². The van der Waals surface area contributed by atoms with Gasteiger partial charge in [0.15, 0.2) is 4.32 Å². The van der Waals surface area contributed by atoms with Gasteiger partial charge in [0.25, 0.3) is 5.91 Å². The molecule has 0 saturated carbocycles. The number of amides is 1. The van der Waals surface area contributed by atoms with Gasteiger partial charge in [0.1, 0.15) is 11.5 Å². The molecule has 2 aromatic carbocycles. The number of ether oxygens (including phenoxy) is 1. The Kier molecular flexibility index (Phi) is 6.12. The predicted octanol–water partition coefficient (Wildman–Crippen LogP) is 6.09. The molecule has 26 heavy (non-hydrogen) atoms. The Labute approximate surface area is 164 Å². The molecule has 0 atom stereocenters. The fourth-order valence-electron chi connectivity index (χ4n) is 2.73. The Hall–Kier alpha value is -2.11. The molecule has 1 amide bonds. The van der Waals surface area contributed by atoms with Crippen LogP contribution in [0.1, 0.15) is 31.7 Å². The van der Waals surface area contributed by atoms with Crippen LogP contribution in [0.5, 0.6) is 11.5 Å². The summed E-state index contributed by atoms with van der Waals surface area (Å²) in [5.41, 5.74) is 2.06. The van der Waals surface area contributed by atoms with Crippen molar-refractivity contribution in [2.45, 2.75) is 32.6 Å². The molecule has 0 aliphatic carbocycles. The number of thioether (sulfide) groups is 1. The Bertz CT molecular complexity index is 813. The van der Waals surface area contributed by atoms with Gasteiger partial charge in [0.05, 0.1) is 10.6 Å². The molecule has 0 aromatic heterocycles. The lowest BCUT2D eigenvalue weighted by Gasteiger charge is -2.15. The molecule has 1 fully saturated rings. The van der Waals surface area contributed by atoms with Crippen molar-refractivity contribution >= 4 is 39.9 Å². The van der Waals surface area contributed by atoms with Gasteiger partial charge in [-0.25, -0.2) is 0 Å². The van der Waals surface area contributed by atoms with Crippen molar-refractivity contribution in [2.24, 2.45) is 0 Å². The van der Waals surface area contributed by atoms with Gasteiger partial charge in [-0.3, -0.25) is 9.69 Å². The average molecular weight is 384 g/mol. The lowest BCUT2D eigenvalue weighted by atomic mass is 10.1. The summed E-state index contributed by atoms with van der Waals surface area (Å²) in [7, 11) is 0. The van der Waals surface area contributed by atoms with E-state index >= 15 is 0 Å². The number of aryl methyl sites for hydroxylation is 1. The van der Waals surface area contributed by atoms with Gasteiger partial charge >= 0.3 is 0 Å². The van der Waals surface area contributed by atoms with Crippen LogP contribution in [-0.2, 0) is 11.2 Å². The lowest BCUT2D eigenvalue weighted by Crippen LogP contribution is -2.27. The van der Waals surface area contributed by atoms with E-state index in [-0.39, 0.29) is 5.91 Å². The maximum absolute atomic E-state index is 12.1. The molecule has 3 nitrogen and oxygen atoms in total. The molecule has 1 saturated heterocycles. The number of hydrogen-bond donors (Lipinski definition) is 0. The second-order valence-corrected chi connectivity index (χ2v) is 7.86. The minimum atomic E-state index is -0.160. The number of nitrogens with zero attached hydrogens (tertiary/aromatic N) is 1. The third-order valence-corrected chi connectivity index (χ3v) is 5.37. The average Bonchev–Trinajstić information content (AvgIpc) is 2.90. The summed E-state index contributed by atoms with van der Waals surface area (Å²) in [5, 5.41) is 0. The highest BCUT2D eigenvalue weighted by molar-refractivity contribution is 8.27. The van der Waals surface area contributed by atoms with Gasteiger partial charge in [0, 0.05) is 0 Å². The minimum Gasteiger partial charge on any atom is -0.457 e. The van der Waals surface area contributed by atoms with Crippen molar-refractivity contribution in [1.82, 2.24) is 0 Å². The van der Waals surface area contributed by atoms with Crippen LogP contribution < -0.4 is 9.64 Å². The Morgan fingerprint density at radius 1 is 1.04 bits per heavy atom. The molecular formula is C21H21NO2S2. The molecule has 1 aliphatic heterocycles. The molecular weight excluding hydrogens is 362 g/mol. The van der Waals surface area contributed by atoms with Crippen LogP contribution >= 0.6 is 24.0 Å². The Balaban J connectivity index is 1.63. The molecule has 0 unspecified atom stereocenters. The monoisotopic (exact) mass is 383 g/mol. The normalized spacial score (nSPS) is 14.2. The number of hydrogen-bond acceptors (Lipinski definition) is 4. The summed E-state index contributed by atoms with van der Waals surface area (Å²) in [6.07, 6.45) is 4.83. The van der Waals surface area contributed by atoms with Gasteiger partial charge in [-0.1, -0.05) is 62.5 Å². The summed E-state index contributed by atoms with van der Waals surface area (Å²) in [6.45, 7) is 5.94. The largest absolute Gasteiger partial charge is 0.457 e. The summed E-state index contributed by atoms with van der Waals surface area (Å²) in [5.74, 6) is 1.36. The number of rotatable bonds is 7. The predicted molar refractivity (Wildman–Crippen MR) is 113 cm³/mol. The third-order valence-electron chi connectivity index (χ3n) is 4.16. The van der Waals surface area contributed by atoms with E-state index in [1.54, 1.807) is 0 Å². The first-order chi connectivity index (χ1) is 12.6. The van der Waals surface area contributed by atoms with Crippen LogP contribution in [0.4, 0.5) is 5.69 Å². The van der Waals surface area contributed by atoms with Crippen molar-refractivity contribution < 1.29 is 9.53 Å². The standard InChI is InChI=1S/C21H21NO2S2/c1-3-4-5-6-16-7-11-18(12-8-16)24-19-13-9-17(10-14-19)22-20(23)15(2)26-21(22)25/h7-14H,2-6H2,1H3. The smallest absolute Gasteiger partial charge is 0.270 e. The molecule has 5 heteroatoms. The number of thiocarbonyl (C=S) groups is 1. The highest BCUT2D eigenvalue weighted by Crippen LogP contribution is 2.34. The second kappa shape index (κ2) is 8.52. The van der Waals surface area contributed by atoms with E-state index in [1.807, 2.05) is 36.4 Å². The lowest BCUT2D eigenvalue weighted by molar-refractivity contribution is -0.113. The zero-order chi connectivity index (χ0) is 18.5. The molecule has 0 N–H and O–H groups in total. The number of carbonyl (C=O) groups excluding carboxylic acids is 1. The highest BCUT2D eigenvalue weighted by Gasteiger charge is 2.31. The first-order valence-electron chi connectivity index (χ1n) is 8.70. The highest BCUT2D eigenvalue weighted by atomic mass is 32.2. The fourth-order valence-corrected chi connectivity index (χ4v) is 3.89. The van der Waals surface area contributed by atoms with E-state index < -0.39 is 0 Å². The van der Waals surface area contributed by atoms with Crippen molar-refractivity contribution in [1.29, 1.82) is 0 Å². The molecule has 2 aromatic rings. The van der Waals surface area contributed by atoms with Gasteiger partial charge < -0.3 is 4.74 Å². The van der Waals surface area contributed by atoms with E-state index in [4.69, 9.17) is 17.0 Å². The second-order valence-electron chi connectivity index (χ2n) is 6.13. The molecule has 1 aliphatic rings. The number of benzene rings is 2. The molecule has 3 rings (SSSR count). The Morgan fingerprint density at radius 3 is 2.19 bits per heavy atom. The first kappa shape index (κ1) is 18.7. The zero-order valence-electron chi connectivity index (χ0n) is 14.7. The van der Waals surface area contributed by atoms with E-state index in [0.717, 1.165) is 23.6 Å². The zero-order valence-corrected chi connectivity index (χ0v) is 16.4. The first-order valence-corrected chi connectivity index (χ1v) is 9.93. The topological polar surface area (TPSA) is 29.5 Å². The van der Waals surface area contributed by atoms with Crippen LogP contribution in [0.25, 0.3) is 0 Å².